The molecule has 0 aliphatic heterocycles. The fourth-order valence-corrected chi connectivity index (χ4v) is 5.67. The lowest BCUT2D eigenvalue weighted by Crippen LogP contribution is -1.92. The minimum Gasteiger partial charge on any atom is -0.268 e. The van der Waals surface area contributed by atoms with Gasteiger partial charge in [-0.3, -0.25) is 9.97 Å². The summed E-state index contributed by atoms with van der Waals surface area (Å²) in [5.41, 5.74) is 9.31. The first-order valence-electron chi connectivity index (χ1n) is 13.6. The molecule has 4 heteroatoms. The summed E-state index contributed by atoms with van der Waals surface area (Å²) in [7, 11) is 0. The minimum absolute atomic E-state index is 0.529. The van der Waals surface area contributed by atoms with E-state index in [-0.39, 0.29) is 0 Å². The monoisotopic (exact) mass is 534 g/mol. The van der Waals surface area contributed by atoms with Gasteiger partial charge in [-0.25, -0.2) is 4.85 Å². The number of nitrogens with zero attached hydrogens (tertiary/aromatic N) is 4. The predicted octanol–water partition coefficient (Wildman–Crippen LogP) is 9.87. The standard InChI is InChI=1S/C38H22N4/c1-40-30-17-19-36(42-24-30)27-9-7-11-29(21-27)38-33-14-4-2-12-31(33)37(32-13-3-5-15-34(32)38)28-10-6-8-26(20-28)35-18-16-25(22-39)23-41-35/h2-21,23-24H. The van der Waals surface area contributed by atoms with E-state index in [9.17, 15) is 5.26 Å². The van der Waals surface area contributed by atoms with E-state index in [4.69, 9.17) is 6.57 Å². The van der Waals surface area contributed by atoms with Crippen LogP contribution in [0.25, 0.3) is 71.2 Å². The zero-order valence-electron chi connectivity index (χ0n) is 22.5. The summed E-state index contributed by atoms with van der Waals surface area (Å²) in [6, 6.07) is 43.6. The molecule has 194 valence electrons. The highest BCUT2D eigenvalue weighted by atomic mass is 14.7. The first-order chi connectivity index (χ1) is 20.7. The Morgan fingerprint density at radius 3 is 1.40 bits per heavy atom. The molecule has 0 saturated heterocycles. The Labute approximate surface area is 243 Å². The summed E-state index contributed by atoms with van der Waals surface area (Å²) < 4.78 is 0. The van der Waals surface area contributed by atoms with Crippen molar-refractivity contribution in [3.05, 3.63) is 151 Å². The first-order valence-corrected chi connectivity index (χ1v) is 13.6. The van der Waals surface area contributed by atoms with Crippen LogP contribution < -0.4 is 0 Å². The number of nitriles is 1. The molecule has 0 fully saturated rings. The molecule has 0 N–H and O–H groups in total. The van der Waals surface area contributed by atoms with Crippen molar-refractivity contribution in [2.45, 2.75) is 0 Å². The van der Waals surface area contributed by atoms with Crippen LogP contribution in [-0.2, 0) is 0 Å². The molecule has 0 unspecified atom stereocenters. The van der Waals surface area contributed by atoms with Gasteiger partial charge in [-0.1, -0.05) is 91.0 Å². The molecule has 5 aromatic carbocycles. The van der Waals surface area contributed by atoms with Gasteiger partial charge >= 0.3 is 0 Å². The molecule has 0 radical (unpaired) electrons. The lowest BCUT2D eigenvalue weighted by molar-refractivity contribution is 1.30. The molecule has 42 heavy (non-hydrogen) atoms. The van der Waals surface area contributed by atoms with Gasteiger partial charge in [-0.05, 0) is 74.1 Å². The van der Waals surface area contributed by atoms with E-state index in [0.29, 0.717) is 11.3 Å². The molecule has 7 aromatic rings. The van der Waals surface area contributed by atoms with Crippen LogP contribution in [0.5, 0.6) is 0 Å². The van der Waals surface area contributed by atoms with Gasteiger partial charge in [-0.15, -0.1) is 0 Å². The summed E-state index contributed by atoms with van der Waals surface area (Å²) in [5.74, 6) is 0. The highest BCUT2D eigenvalue weighted by Crippen LogP contribution is 2.44. The normalized spacial score (nSPS) is 10.8. The number of pyridine rings is 2. The zero-order valence-corrected chi connectivity index (χ0v) is 22.5. The predicted molar refractivity (Wildman–Crippen MR) is 170 cm³/mol. The van der Waals surface area contributed by atoms with Crippen LogP contribution in [-0.4, -0.2) is 9.97 Å². The van der Waals surface area contributed by atoms with Crippen LogP contribution in [0.1, 0.15) is 5.56 Å². The zero-order chi connectivity index (χ0) is 28.5. The summed E-state index contributed by atoms with van der Waals surface area (Å²) in [6.45, 7) is 7.24. The molecule has 4 nitrogen and oxygen atoms in total. The van der Waals surface area contributed by atoms with Crippen LogP contribution in [0.4, 0.5) is 5.69 Å². The van der Waals surface area contributed by atoms with Gasteiger partial charge in [0.05, 0.1) is 23.5 Å². The molecule has 0 aliphatic rings. The molecular formula is C38H22N4. The van der Waals surface area contributed by atoms with Crippen LogP contribution in [0, 0.1) is 17.9 Å². The average molecular weight is 535 g/mol. The van der Waals surface area contributed by atoms with E-state index in [2.05, 4.69) is 118 Å². The number of fused-ring (bicyclic) bond motifs is 2. The molecule has 0 aliphatic carbocycles. The maximum absolute atomic E-state index is 9.19. The molecule has 7 rings (SSSR count). The molecule has 0 spiro atoms. The van der Waals surface area contributed by atoms with Gasteiger partial charge in [-0.2, -0.15) is 5.26 Å². The Balaban J connectivity index is 1.45. The van der Waals surface area contributed by atoms with Gasteiger partial charge in [0.25, 0.3) is 0 Å². The number of benzene rings is 5. The largest absolute Gasteiger partial charge is 0.268 e. The van der Waals surface area contributed by atoms with Gasteiger partial charge < -0.3 is 0 Å². The molecule has 0 bridgehead atoms. The third-order valence-corrected chi connectivity index (χ3v) is 7.60. The second-order valence-corrected chi connectivity index (χ2v) is 10.1. The van der Waals surface area contributed by atoms with E-state index in [1.807, 2.05) is 18.2 Å². The van der Waals surface area contributed by atoms with Gasteiger partial charge in [0.1, 0.15) is 6.07 Å². The van der Waals surface area contributed by atoms with Crippen molar-refractivity contribution >= 4 is 27.2 Å². The van der Waals surface area contributed by atoms with Crippen molar-refractivity contribution in [1.29, 1.82) is 5.26 Å². The van der Waals surface area contributed by atoms with Crippen molar-refractivity contribution in [3.8, 4) is 50.8 Å². The Morgan fingerprint density at radius 2 is 1.00 bits per heavy atom. The lowest BCUT2D eigenvalue weighted by Gasteiger charge is -2.18. The highest BCUT2D eigenvalue weighted by Gasteiger charge is 2.17. The maximum Gasteiger partial charge on any atom is 0.205 e. The van der Waals surface area contributed by atoms with Crippen LogP contribution in [0.2, 0.25) is 0 Å². The van der Waals surface area contributed by atoms with Gasteiger partial charge in [0.2, 0.25) is 5.69 Å². The maximum atomic E-state index is 9.19. The average Bonchev–Trinajstić information content (AvgIpc) is 3.07. The van der Waals surface area contributed by atoms with Gasteiger partial charge in [0, 0.05) is 23.5 Å². The van der Waals surface area contributed by atoms with Crippen LogP contribution >= 0.6 is 0 Å². The summed E-state index contributed by atoms with van der Waals surface area (Å²) in [6.07, 6.45) is 3.24. The van der Waals surface area contributed by atoms with E-state index in [0.717, 1.165) is 33.6 Å². The summed E-state index contributed by atoms with van der Waals surface area (Å²) >= 11 is 0. The van der Waals surface area contributed by atoms with Crippen molar-refractivity contribution in [1.82, 2.24) is 9.97 Å². The molecule has 2 aromatic heterocycles. The molecule has 0 atom stereocenters. The molecule has 0 amide bonds. The fourth-order valence-electron chi connectivity index (χ4n) is 5.67. The van der Waals surface area contributed by atoms with Crippen LogP contribution in [0.3, 0.4) is 0 Å². The fraction of sp³-hybridized carbons (Fsp3) is 0. The quantitative estimate of drug-likeness (QED) is 0.167. The highest BCUT2D eigenvalue weighted by molar-refractivity contribution is 6.21. The first kappa shape index (κ1) is 24.9. The van der Waals surface area contributed by atoms with Crippen molar-refractivity contribution < 1.29 is 0 Å². The third kappa shape index (κ3) is 4.34. The van der Waals surface area contributed by atoms with Crippen LogP contribution in [0.15, 0.2) is 134 Å². The number of rotatable bonds is 4. The molecular weight excluding hydrogens is 512 g/mol. The lowest BCUT2D eigenvalue weighted by atomic mass is 9.85. The smallest absolute Gasteiger partial charge is 0.205 e. The third-order valence-electron chi connectivity index (χ3n) is 7.60. The topological polar surface area (TPSA) is 53.9 Å². The van der Waals surface area contributed by atoms with E-state index in [1.165, 1.54) is 32.7 Å². The number of aromatic nitrogens is 2. The van der Waals surface area contributed by atoms with Crippen molar-refractivity contribution in [2.75, 3.05) is 0 Å². The molecule has 0 saturated carbocycles. The molecule has 2 heterocycles. The van der Waals surface area contributed by atoms with E-state index >= 15 is 0 Å². The van der Waals surface area contributed by atoms with E-state index < -0.39 is 0 Å². The van der Waals surface area contributed by atoms with Crippen molar-refractivity contribution in [3.63, 3.8) is 0 Å². The van der Waals surface area contributed by atoms with Crippen molar-refractivity contribution in [2.24, 2.45) is 0 Å². The van der Waals surface area contributed by atoms with Gasteiger partial charge in [0.15, 0.2) is 0 Å². The second-order valence-electron chi connectivity index (χ2n) is 10.1. The summed E-state index contributed by atoms with van der Waals surface area (Å²) in [4.78, 5) is 12.5. The summed E-state index contributed by atoms with van der Waals surface area (Å²) in [5, 5.41) is 13.9. The Hall–Kier alpha value is -6.10. The minimum atomic E-state index is 0.529. The number of hydrogen-bond acceptors (Lipinski definition) is 3. The second kappa shape index (κ2) is 10.5. The SMILES string of the molecule is [C-]#[N+]c1ccc(-c2cccc(-c3c4ccccc4c(-c4cccc(-c5ccc(C#N)cn5)c4)c4ccccc34)c2)nc1. The number of hydrogen-bond donors (Lipinski definition) is 0. The Morgan fingerprint density at radius 1 is 0.524 bits per heavy atom. The van der Waals surface area contributed by atoms with E-state index in [1.54, 1.807) is 18.5 Å². The Bertz CT molecular complexity index is 1980. The Kier molecular flexibility index (Phi) is 6.21.